The number of halogens is 2. The molecule has 1 saturated heterocycles. The summed E-state index contributed by atoms with van der Waals surface area (Å²) in [5, 5.41) is 3.57. The molecule has 1 aromatic heterocycles. The zero-order valence-electron chi connectivity index (χ0n) is 21.2. The quantitative estimate of drug-likeness (QED) is 0.261. The number of piperazine rings is 1. The minimum Gasteiger partial charge on any atom is -0.457 e. The van der Waals surface area contributed by atoms with Crippen LogP contribution >= 0.6 is 11.6 Å². The van der Waals surface area contributed by atoms with Crippen molar-refractivity contribution in [1.29, 1.82) is 0 Å². The number of rotatable bonds is 7. The summed E-state index contributed by atoms with van der Waals surface area (Å²) in [6.07, 6.45) is 3.09. The van der Waals surface area contributed by atoms with E-state index in [1.165, 1.54) is 12.1 Å². The predicted molar refractivity (Wildman–Crippen MR) is 152 cm³/mol. The maximum Gasteiger partial charge on any atom is 0.248 e. The van der Waals surface area contributed by atoms with E-state index < -0.39 is 0 Å². The first-order valence-corrected chi connectivity index (χ1v) is 13.0. The molecule has 0 bridgehead atoms. The summed E-state index contributed by atoms with van der Waals surface area (Å²) in [5.41, 5.74) is 4.44. The van der Waals surface area contributed by atoms with Gasteiger partial charge < -0.3 is 14.6 Å². The first-order valence-electron chi connectivity index (χ1n) is 12.6. The van der Waals surface area contributed by atoms with E-state index in [-0.39, 0.29) is 11.7 Å². The van der Waals surface area contributed by atoms with Gasteiger partial charge in [-0.1, -0.05) is 41.9 Å². The zero-order chi connectivity index (χ0) is 26.5. The summed E-state index contributed by atoms with van der Waals surface area (Å²) >= 11 is 6.22. The van der Waals surface area contributed by atoms with E-state index in [1.807, 2.05) is 73.7 Å². The van der Waals surface area contributed by atoms with Crippen molar-refractivity contribution in [3.05, 3.63) is 113 Å². The molecule has 1 N–H and O–H groups in total. The molecule has 0 atom stereocenters. The lowest BCUT2D eigenvalue weighted by atomic mass is 10.1. The number of aryl methyl sites for hydroxylation is 1. The third-order valence-electron chi connectivity index (χ3n) is 6.71. The van der Waals surface area contributed by atoms with Crippen molar-refractivity contribution in [3.8, 4) is 11.3 Å². The minimum atomic E-state index is -0.240. The van der Waals surface area contributed by atoms with Crippen molar-refractivity contribution in [1.82, 2.24) is 4.90 Å². The van der Waals surface area contributed by atoms with Crippen LogP contribution in [0.5, 0.6) is 0 Å². The summed E-state index contributed by atoms with van der Waals surface area (Å²) in [7, 11) is 0. The number of anilines is 2. The second kappa shape index (κ2) is 11.7. The van der Waals surface area contributed by atoms with E-state index in [4.69, 9.17) is 16.0 Å². The second-order valence-corrected chi connectivity index (χ2v) is 9.80. The Morgan fingerprint density at radius 1 is 1.00 bits per heavy atom. The van der Waals surface area contributed by atoms with Crippen LogP contribution in [0.15, 0.2) is 89.4 Å². The zero-order valence-corrected chi connectivity index (χ0v) is 21.9. The highest BCUT2D eigenvalue weighted by molar-refractivity contribution is 6.31. The van der Waals surface area contributed by atoms with Crippen LogP contribution in [0.1, 0.15) is 16.9 Å². The molecule has 7 heteroatoms. The lowest BCUT2D eigenvalue weighted by molar-refractivity contribution is -0.111. The fourth-order valence-corrected chi connectivity index (χ4v) is 4.65. The molecule has 4 aromatic rings. The van der Waals surface area contributed by atoms with E-state index in [0.29, 0.717) is 23.1 Å². The summed E-state index contributed by atoms with van der Waals surface area (Å²) in [4.78, 5) is 17.0. The Kier molecular flexibility index (Phi) is 7.91. The molecule has 5 rings (SSSR count). The van der Waals surface area contributed by atoms with E-state index in [1.54, 1.807) is 12.1 Å². The molecule has 0 aliphatic carbocycles. The van der Waals surface area contributed by atoms with Crippen LogP contribution in [0.2, 0.25) is 5.02 Å². The molecule has 0 unspecified atom stereocenters. The third-order valence-corrected chi connectivity index (χ3v) is 7.11. The number of benzene rings is 3. The standard InChI is InChI=1S/C31H29ClFN3O2/c1-22-6-7-23(20-28(22)32)30-14-12-27(38-30)13-15-31(37)34-25-8-10-26(11-9-25)36-18-16-35(17-19-36)21-24-4-2-3-5-29(24)33/h2-15,20H,16-19,21H2,1H3,(H,34,37)/b15-13+. The largest absolute Gasteiger partial charge is 0.457 e. The molecule has 3 aromatic carbocycles. The van der Waals surface area contributed by atoms with Gasteiger partial charge in [-0.25, -0.2) is 4.39 Å². The van der Waals surface area contributed by atoms with Gasteiger partial charge in [-0.15, -0.1) is 0 Å². The van der Waals surface area contributed by atoms with Gasteiger partial charge in [0.1, 0.15) is 17.3 Å². The van der Waals surface area contributed by atoms with Crippen LogP contribution in [0.3, 0.4) is 0 Å². The number of amides is 1. The first-order chi connectivity index (χ1) is 18.4. The third kappa shape index (κ3) is 6.33. The van der Waals surface area contributed by atoms with Gasteiger partial charge in [0.15, 0.2) is 0 Å². The lowest BCUT2D eigenvalue weighted by Gasteiger charge is -2.36. The van der Waals surface area contributed by atoms with E-state index in [2.05, 4.69) is 15.1 Å². The van der Waals surface area contributed by atoms with E-state index in [9.17, 15) is 9.18 Å². The van der Waals surface area contributed by atoms with Gasteiger partial charge in [0.25, 0.3) is 0 Å². The van der Waals surface area contributed by atoms with Gasteiger partial charge in [0.2, 0.25) is 5.91 Å². The number of nitrogens with zero attached hydrogens (tertiary/aromatic N) is 2. The Morgan fingerprint density at radius 2 is 1.76 bits per heavy atom. The molecular weight excluding hydrogens is 501 g/mol. The van der Waals surface area contributed by atoms with Gasteiger partial charge in [0, 0.05) is 66.3 Å². The molecule has 1 aliphatic heterocycles. The highest BCUT2D eigenvalue weighted by Crippen LogP contribution is 2.27. The van der Waals surface area contributed by atoms with Crippen LogP contribution < -0.4 is 10.2 Å². The van der Waals surface area contributed by atoms with Gasteiger partial charge in [-0.3, -0.25) is 9.69 Å². The molecule has 1 amide bonds. The molecule has 0 saturated carbocycles. The van der Waals surface area contributed by atoms with Crippen LogP contribution in [-0.2, 0) is 11.3 Å². The van der Waals surface area contributed by atoms with Crippen molar-refractivity contribution in [3.63, 3.8) is 0 Å². The maximum absolute atomic E-state index is 14.0. The van der Waals surface area contributed by atoms with Crippen molar-refractivity contribution < 1.29 is 13.6 Å². The van der Waals surface area contributed by atoms with Crippen molar-refractivity contribution in [2.24, 2.45) is 0 Å². The smallest absolute Gasteiger partial charge is 0.248 e. The molecule has 5 nitrogen and oxygen atoms in total. The average molecular weight is 530 g/mol. The Labute approximate surface area is 227 Å². The molecule has 1 aliphatic rings. The first kappa shape index (κ1) is 25.8. The molecule has 38 heavy (non-hydrogen) atoms. The van der Waals surface area contributed by atoms with Crippen LogP contribution in [-0.4, -0.2) is 37.0 Å². The van der Waals surface area contributed by atoms with Gasteiger partial charge in [-0.05, 0) is 67.1 Å². The van der Waals surface area contributed by atoms with E-state index >= 15 is 0 Å². The fraction of sp³-hybridized carbons (Fsp3) is 0.194. The number of nitrogens with one attached hydrogen (secondary N) is 1. The average Bonchev–Trinajstić information content (AvgIpc) is 3.41. The van der Waals surface area contributed by atoms with Crippen molar-refractivity contribution in [2.45, 2.75) is 13.5 Å². The van der Waals surface area contributed by atoms with Gasteiger partial charge in [0.05, 0.1) is 0 Å². The molecular formula is C31H29ClFN3O2. The predicted octanol–water partition coefficient (Wildman–Crippen LogP) is 7.02. The highest BCUT2D eigenvalue weighted by Gasteiger charge is 2.18. The molecule has 2 heterocycles. The van der Waals surface area contributed by atoms with Crippen molar-refractivity contribution in [2.75, 3.05) is 36.4 Å². The lowest BCUT2D eigenvalue weighted by Crippen LogP contribution is -2.46. The normalized spacial score (nSPS) is 14.2. The van der Waals surface area contributed by atoms with Crippen LogP contribution in [0, 0.1) is 12.7 Å². The minimum absolute atomic E-state index is 0.149. The van der Waals surface area contributed by atoms with Gasteiger partial charge >= 0.3 is 0 Å². The van der Waals surface area contributed by atoms with Crippen molar-refractivity contribution >= 4 is 35.0 Å². The number of furan rings is 1. The summed E-state index contributed by atoms with van der Waals surface area (Å²) in [6.45, 7) is 6.03. The highest BCUT2D eigenvalue weighted by atomic mass is 35.5. The van der Waals surface area contributed by atoms with Gasteiger partial charge in [-0.2, -0.15) is 0 Å². The SMILES string of the molecule is Cc1ccc(-c2ccc(/C=C/C(=O)Nc3ccc(N4CCN(Cc5ccccc5F)CC4)cc3)o2)cc1Cl. The molecule has 0 spiro atoms. The topological polar surface area (TPSA) is 48.7 Å². The van der Waals surface area contributed by atoms with Crippen LogP contribution in [0.25, 0.3) is 17.4 Å². The number of hydrogen-bond acceptors (Lipinski definition) is 4. The van der Waals surface area contributed by atoms with Crippen LogP contribution in [0.4, 0.5) is 15.8 Å². The van der Waals surface area contributed by atoms with E-state index in [0.717, 1.165) is 54.2 Å². The molecule has 1 fully saturated rings. The fourth-order valence-electron chi connectivity index (χ4n) is 4.47. The number of hydrogen-bond donors (Lipinski definition) is 1. The number of carbonyl (C=O) groups is 1. The molecule has 194 valence electrons. The Morgan fingerprint density at radius 3 is 2.50 bits per heavy atom. The maximum atomic E-state index is 14.0. The summed E-state index contributed by atoms with van der Waals surface area (Å²) < 4.78 is 19.8. The Hall–Kier alpha value is -3.87. The monoisotopic (exact) mass is 529 g/mol. The number of carbonyl (C=O) groups excluding carboxylic acids is 1. The summed E-state index contributed by atoms with van der Waals surface area (Å²) in [5.74, 6) is 0.881. The Balaban J connectivity index is 1.11. The Bertz CT molecular complexity index is 1440. The summed E-state index contributed by atoms with van der Waals surface area (Å²) in [6, 6.07) is 24.2. The molecule has 0 radical (unpaired) electrons. The second-order valence-electron chi connectivity index (χ2n) is 9.39.